The van der Waals surface area contributed by atoms with Crippen molar-refractivity contribution in [2.75, 3.05) is 13.1 Å². The van der Waals surface area contributed by atoms with Crippen molar-refractivity contribution in [3.63, 3.8) is 0 Å². The first-order valence-electron chi connectivity index (χ1n) is 11.5. The van der Waals surface area contributed by atoms with Crippen molar-refractivity contribution in [3.05, 3.63) is 108 Å². The average Bonchev–Trinajstić information content (AvgIpc) is 3.46. The molecule has 1 aliphatic rings. The molecule has 5 rings (SSSR count). The number of benzene rings is 2. The Morgan fingerprint density at radius 1 is 0.938 bits per heavy atom. The number of nitrogens with zero attached hydrogens (tertiary/aromatic N) is 3. The number of nitrogens with two attached hydrogens (primary N) is 1. The zero-order valence-corrected chi connectivity index (χ0v) is 18.4. The molecule has 1 unspecified atom stereocenters. The van der Waals surface area contributed by atoms with Gasteiger partial charge in [-0.3, -0.25) is 9.67 Å². The fourth-order valence-corrected chi connectivity index (χ4v) is 4.71. The lowest BCUT2D eigenvalue weighted by molar-refractivity contribution is -0.911. The van der Waals surface area contributed by atoms with Crippen molar-refractivity contribution >= 4 is 0 Å². The third kappa shape index (κ3) is 5.13. The molecule has 32 heavy (non-hydrogen) atoms. The van der Waals surface area contributed by atoms with E-state index in [2.05, 4.69) is 87.9 Å². The van der Waals surface area contributed by atoms with Crippen molar-refractivity contribution in [1.82, 2.24) is 14.8 Å². The van der Waals surface area contributed by atoms with E-state index in [1.807, 2.05) is 18.5 Å². The molecule has 0 aliphatic carbocycles. The second-order valence-electron chi connectivity index (χ2n) is 8.78. The van der Waals surface area contributed by atoms with Crippen LogP contribution in [0.25, 0.3) is 11.3 Å². The fraction of sp³-hybridized carbons (Fsp3) is 0.259. The van der Waals surface area contributed by atoms with E-state index in [1.165, 1.54) is 36.2 Å². The minimum Gasteiger partial charge on any atom is -0.335 e. The van der Waals surface area contributed by atoms with Gasteiger partial charge in [-0.25, -0.2) is 0 Å². The van der Waals surface area contributed by atoms with Gasteiger partial charge in [0, 0.05) is 29.7 Å². The van der Waals surface area contributed by atoms with Gasteiger partial charge in [0.2, 0.25) is 0 Å². The summed E-state index contributed by atoms with van der Waals surface area (Å²) >= 11 is 0. The van der Waals surface area contributed by atoms with Gasteiger partial charge in [-0.15, -0.1) is 0 Å². The molecule has 3 N–H and O–H groups in total. The van der Waals surface area contributed by atoms with Crippen molar-refractivity contribution < 1.29 is 10.2 Å². The molecular weight excluding hydrogens is 394 g/mol. The zero-order chi connectivity index (χ0) is 21.6. The van der Waals surface area contributed by atoms with Crippen LogP contribution in [0.4, 0.5) is 0 Å². The Hall–Kier alpha value is -3.28. The molecule has 2 aromatic carbocycles. The molecule has 3 heterocycles. The Kier molecular flexibility index (Phi) is 6.37. The van der Waals surface area contributed by atoms with Crippen LogP contribution in [0.1, 0.15) is 23.1 Å². The molecule has 162 valence electrons. The topological polar surface area (TPSA) is 51.8 Å². The minimum absolute atomic E-state index is 0.660. The SMILES string of the molecule is c1ccc(Cn2cc(C[NH2+][C@H]3CC[NH+](Cc4ccccc4)C3)c(-c3cccnc3)n2)cc1. The molecule has 0 bridgehead atoms. The average molecular weight is 426 g/mol. The van der Waals surface area contributed by atoms with Gasteiger partial charge in [0.15, 0.2) is 0 Å². The second kappa shape index (κ2) is 9.90. The van der Waals surface area contributed by atoms with E-state index >= 15 is 0 Å². The van der Waals surface area contributed by atoms with Crippen LogP contribution in [0, 0.1) is 0 Å². The molecule has 0 spiro atoms. The van der Waals surface area contributed by atoms with E-state index in [4.69, 9.17) is 5.10 Å². The van der Waals surface area contributed by atoms with Gasteiger partial charge in [0.25, 0.3) is 0 Å². The largest absolute Gasteiger partial charge is 0.335 e. The van der Waals surface area contributed by atoms with Crippen molar-refractivity contribution in [1.29, 1.82) is 0 Å². The highest BCUT2D eigenvalue weighted by molar-refractivity contribution is 5.61. The summed E-state index contributed by atoms with van der Waals surface area (Å²) in [5.41, 5.74) is 6.12. The number of aromatic nitrogens is 3. The van der Waals surface area contributed by atoms with Gasteiger partial charge < -0.3 is 10.2 Å². The van der Waals surface area contributed by atoms with Crippen LogP contribution in [0.5, 0.6) is 0 Å². The maximum atomic E-state index is 4.94. The van der Waals surface area contributed by atoms with Crippen LogP contribution < -0.4 is 10.2 Å². The fourth-order valence-electron chi connectivity index (χ4n) is 4.71. The van der Waals surface area contributed by atoms with Gasteiger partial charge in [-0.1, -0.05) is 60.7 Å². The smallest absolute Gasteiger partial charge is 0.141 e. The van der Waals surface area contributed by atoms with Crippen LogP contribution in [0.15, 0.2) is 91.4 Å². The summed E-state index contributed by atoms with van der Waals surface area (Å²) in [5.74, 6) is 0. The molecule has 0 saturated carbocycles. The number of pyridine rings is 1. The first-order valence-corrected chi connectivity index (χ1v) is 11.5. The lowest BCUT2D eigenvalue weighted by Gasteiger charge is -2.12. The van der Waals surface area contributed by atoms with Crippen molar-refractivity contribution in [2.45, 2.75) is 32.1 Å². The van der Waals surface area contributed by atoms with Crippen LogP contribution in [-0.4, -0.2) is 33.9 Å². The normalized spacial score (nSPS) is 18.1. The molecule has 2 atom stereocenters. The summed E-state index contributed by atoms with van der Waals surface area (Å²) in [5, 5.41) is 7.46. The Morgan fingerprint density at radius 2 is 1.72 bits per heavy atom. The van der Waals surface area contributed by atoms with E-state index in [-0.39, 0.29) is 0 Å². The van der Waals surface area contributed by atoms with E-state index in [0.29, 0.717) is 6.04 Å². The molecular formula is C27H31N5+2. The number of likely N-dealkylation sites (tertiary alicyclic amines) is 1. The van der Waals surface area contributed by atoms with Gasteiger partial charge in [0.05, 0.1) is 25.1 Å². The maximum absolute atomic E-state index is 4.94. The standard InChI is InChI=1S/C27H29N5/c1-3-8-22(9-4-1)18-31-15-13-26(21-31)29-17-25-20-32(19-23-10-5-2-6-11-23)30-27(25)24-12-7-14-28-16-24/h1-12,14,16,20,26,29H,13,15,17-19,21H2/p+2/t26-/m0/s1. The highest BCUT2D eigenvalue weighted by Gasteiger charge is 2.29. The summed E-state index contributed by atoms with van der Waals surface area (Å²) < 4.78 is 2.07. The van der Waals surface area contributed by atoms with Gasteiger partial charge in [-0.05, 0) is 17.7 Å². The van der Waals surface area contributed by atoms with Gasteiger partial charge >= 0.3 is 0 Å². The monoisotopic (exact) mass is 425 g/mol. The first-order chi connectivity index (χ1) is 15.8. The Labute approximate surface area is 189 Å². The number of hydrogen-bond donors (Lipinski definition) is 2. The third-order valence-corrected chi connectivity index (χ3v) is 6.35. The summed E-state index contributed by atoms with van der Waals surface area (Å²) in [6, 6.07) is 26.1. The quantitative estimate of drug-likeness (QED) is 0.453. The Morgan fingerprint density at radius 3 is 2.47 bits per heavy atom. The number of hydrogen-bond acceptors (Lipinski definition) is 2. The van der Waals surface area contributed by atoms with E-state index < -0.39 is 0 Å². The lowest BCUT2D eigenvalue weighted by atomic mass is 10.1. The summed E-state index contributed by atoms with van der Waals surface area (Å²) in [4.78, 5) is 6.00. The van der Waals surface area contributed by atoms with E-state index in [9.17, 15) is 0 Å². The highest BCUT2D eigenvalue weighted by atomic mass is 15.3. The van der Waals surface area contributed by atoms with Crippen LogP contribution in [0.2, 0.25) is 0 Å². The summed E-state index contributed by atoms with van der Waals surface area (Å²) in [6.45, 7) is 5.32. The molecule has 1 saturated heterocycles. The number of nitrogens with one attached hydrogen (secondary N) is 1. The molecule has 5 heteroatoms. The van der Waals surface area contributed by atoms with Crippen molar-refractivity contribution in [3.8, 4) is 11.3 Å². The number of quaternary nitrogens is 2. The zero-order valence-electron chi connectivity index (χ0n) is 18.4. The molecule has 4 aromatic rings. The van der Waals surface area contributed by atoms with E-state index in [0.717, 1.165) is 30.9 Å². The Bertz CT molecular complexity index is 1110. The molecule has 1 fully saturated rings. The lowest BCUT2D eigenvalue weighted by Crippen LogP contribution is -3.10. The molecule has 2 aromatic heterocycles. The van der Waals surface area contributed by atoms with Gasteiger partial charge in [0.1, 0.15) is 31.4 Å². The second-order valence-corrected chi connectivity index (χ2v) is 8.78. The minimum atomic E-state index is 0.660. The Balaban J connectivity index is 1.26. The summed E-state index contributed by atoms with van der Waals surface area (Å²) in [7, 11) is 0. The molecule has 0 amide bonds. The predicted octanol–water partition coefficient (Wildman–Crippen LogP) is 1.91. The molecule has 5 nitrogen and oxygen atoms in total. The highest BCUT2D eigenvalue weighted by Crippen LogP contribution is 2.21. The molecule has 0 radical (unpaired) electrons. The summed E-state index contributed by atoms with van der Waals surface area (Å²) in [6.07, 6.45) is 7.22. The van der Waals surface area contributed by atoms with Gasteiger partial charge in [-0.2, -0.15) is 5.10 Å². The predicted molar refractivity (Wildman–Crippen MR) is 126 cm³/mol. The van der Waals surface area contributed by atoms with Crippen molar-refractivity contribution in [2.24, 2.45) is 0 Å². The third-order valence-electron chi connectivity index (χ3n) is 6.35. The first kappa shape index (κ1) is 20.6. The van der Waals surface area contributed by atoms with Crippen LogP contribution in [-0.2, 0) is 19.6 Å². The van der Waals surface area contributed by atoms with E-state index in [1.54, 1.807) is 4.90 Å². The molecule has 1 aliphatic heterocycles. The van der Waals surface area contributed by atoms with Crippen LogP contribution in [0.3, 0.4) is 0 Å². The number of rotatable bonds is 8. The maximum Gasteiger partial charge on any atom is 0.141 e. The van der Waals surface area contributed by atoms with Crippen LogP contribution >= 0.6 is 0 Å².